The molecule has 2 aliphatic rings. The summed E-state index contributed by atoms with van der Waals surface area (Å²) in [7, 11) is 0. The molecule has 2 aliphatic heterocycles. The monoisotopic (exact) mass is 487 g/mol. The Labute approximate surface area is 198 Å². The minimum atomic E-state index is -0.640. The summed E-state index contributed by atoms with van der Waals surface area (Å²) in [6.07, 6.45) is 0.552. The van der Waals surface area contributed by atoms with Crippen LogP contribution in [0.5, 0.6) is 0 Å². The maximum absolute atomic E-state index is 14.8. The highest BCUT2D eigenvalue weighted by Crippen LogP contribution is 2.39. The molecule has 4 nitrogen and oxygen atoms in total. The van der Waals surface area contributed by atoms with E-state index in [0.717, 1.165) is 35.7 Å². The van der Waals surface area contributed by atoms with Gasteiger partial charge in [-0.3, -0.25) is 9.93 Å². The Morgan fingerprint density at radius 1 is 0.941 bits per heavy atom. The summed E-state index contributed by atoms with van der Waals surface area (Å²) in [6.45, 7) is 2.55. The lowest BCUT2D eigenvalue weighted by atomic mass is 9.96. The van der Waals surface area contributed by atoms with Crippen molar-refractivity contribution >= 4 is 29.2 Å². The van der Waals surface area contributed by atoms with Gasteiger partial charge in [-0.1, -0.05) is 6.07 Å². The summed E-state index contributed by atoms with van der Waals surface area (Å²) in [6, 6.07) is 10.2. The lowest BCUT2D eigenvalue weighted by Crippen LogP contribution is -2.56. The largest absolute Gasteiger partial charge is 0.367 e. The Hall–Kier alpha value is -3.04. The van der Waals surface area contributed by atoms with E-state index in [1.54, 1.807) is 15.9 Å². The molecule has 176 valence electrons. The molecule has 3 aromatic rings. The van der Waals surface area contributed by atoms with Crippen molar-refractivity contribution in [3.05, 3.63) is 77.4 Å². The first-order valence-corrected chi connectivity index (χ1v) is 11.7. The first-order valence-electron chi connectivity index (χ1n) is 10.8. The Balaban J connectivity index is 1.32. The maximum atomic E-state index is 14.8. The molecule has 1 fully saturated rings. The summed E-state index contributed by atoms with van der Waals surface area (Å²) < 4.78 is 56.5. The van der Waals surface area contributed by atoms with E-state index in [0.29, 0.717) is 30.9 Å². The van der Waals surface area contributed by atoms with E-state index in [1.165, 1.54) is 24.3 Å². The Morgan fingerprint density at radius 3 is 2.41 bits per heavy atom. The van der Waals surface area contributed by atoms with Crippen LogP contribution in [-0.4, -0.2) is 25.0 Å². The number of hydrogen-bond acceptors (Lipinski definition) is 4. The van der Waals surface area contributed by atoms with Gasteiger partial charge < -0.3 is 9.80 Å². The first-order chi connectivity index (χ1) is 16.3. The smallest absolute Gasteiger partial charge is 0.233 e. The molecule has 0 aliphatic carbocycles. The number of benzene rings is 3. The van der Waals surface area contributed by atoms with Crippen molar-refractivity contribution in [3.8, 4) is 11.1 Å². The van der Waals surface area contributed by atoms with E-state index in [4.69, 9.17) is 5.14 Å². The molecule has 2 N–H and O–H groups in total. The molecule has 3 aromatic carbocycles. The fourth-order valence-electron chi connectivity index (χ4n) is 4.72. The van der Waals surface area contributed by atoms with Gasteiger partial charge in [0.15, 0.2) is 0 Å². The second kappa shape index (κ2) is 8.63. The molecule has 0 aromatic heterocycles. The second-order valence-electron chi connectivity index (χ2n) is 8.68. The highest BCUT2D eigenvalue weighted by Gasteiger charge is 2.41. The first kappa shape index (κ1) is 22.7. The fourth-order valence-corrected chi connectivity index (χ4v) is 5.07. The van der Waals surface area contributed by atoms with Crippen LogP contribution in [0, 0.1) is 29.2 Å². The van der Waals surface area contributed by atoms with Gasteiger partial charge in [-0.05, 0) is 78.9 Å². The van der Waals surface area contributed by atoms with Gasteiger partial charge in [-0.2, -0.15) is 0 Å². The van der Waals surface area contributed by atoms with Crippen LogP contribution in [0.3, 0.4) is 0 Å². The van der Waals surface area contributed by atoms with E-state index >= 15 is 0 Å². The van der Waals surface area contributed by atoms with E-state index in [9.17, 15) is 22.4 Å². The van der Waals surface area contributed by atoms with Crippen molar-refractivity contribution < 1.29 is 22.4 Å². The topological polar surface area (TPSA) is 49.6 Å². The summed E-state index contributed by atoms with van der Waals surface area (Å²) in [5.41, 5.74) is 1.94. The summed E-state index contributed by atoms with van der Waals surface area (Å²) >= 11 is 0.798. The van der Waals surface area contributed by atoms with Crippen molar-refractivity contribution in [1.29, 1.82) is 0 Å². The molecule has 1 saturated heterocycles. The number of rotatable bonds is 4. The van der Waals surface area contributed by atoms with Gasteiger partial charge in [-0.15, -0.1) is 0 Å². The lowest BCUT2D eigenvalue weighted by molar-refractivity contribution is -0.123. The molecular formula is C25H21F4N3OS. The minimum absolute atomic E-state index is 0.0183. The molecule has 34 heavy (non-hydrogen) atoms. The molecule has 1 amide bonds. The van der Waals surface area contributed by atoms with E-state index in [-0.39, 0.29) is 33.9 Å². The van der Waals surface area contributed by atoms with Crippen LogP contribution in [0.4, 0.5) is 28.9 Å². The molecule has 0 saturated carbocycles. The molecule has 5 rings (SSSR count). The average Bonchev–Trinajstić information content (AvgIpc) is 3.09. The van der Waals surface area contributed by atoms with Crippen LogP contribution in [0.25, 0.3) is 11.1 Å². The third-order valence-electron chi connectivity index (χ3n) is 6.47. The van der Waals surface area contributed by atoms with Gasteiger partial charge in [0.05, 0.1) is 16.5 Å². The molecule has 0 radical (unpaired) electrons. The van der Waals surface area contributed by atoms with Crippen LogP contribution in [0.15, 0.2) is 53.4 Å². The number of halogens is 4. The Kier molecular flexibility index (Phi) is 5.77. The quantitative estimate of drug-likeness (QED) is 0.401. The van der Waals surface area contributed by atoms with Crippen LogP contribution >= 0.6 is 11.9 Å². The van der Waals surface area contributed by atoms with Gasteiger partial charge in [0, 0.05) is 30.4 Å². The molecule has 0 bridgehead atoms. The van der Waals surface area contributed by atoms with Crippen LogP contribution in [0.1, 0.15) is 12.5 Å². The van der Waals surface area contributed by atoms with E-state index in [2.05, 4.69) is 0 Å². The van der Waals surface area contributed by atoms with Gasteiger partial charge in [-0.25, -0.2) is 17.6 Å². The number of carbonyl (C=O) groups excluding carboxylic acids is 1. The van der Waals surface area contributed by atoms with Gasteiger partial charge in [0.1, 0.15) is 23.3 Å². The average molecular weight is 488 g/mol. The highest BCUT2D eigenvalue weighted by molar-refractivity contribution is 7.97. The number of fused-ring (bicyclic) bond motifs is 1. The highest BCUT2D eigenvalue weighted by atomic mass is 32.2. The SMILES string of the molecule is CC1Cc2cc(F)c(SN)cc2N1C(=O)C1CN(c2ccc(-c3cc(F)ccc3F)cc2F)C1. The predicted molar refractivity (Wildman–Crippen MR) is 125 cm³/mol. The molecule has 9 heteroatoms. The molecule has 0 spiro atoms. The second-order valence-corrected chi connectivity index (χ2v) is 9.36. The predicted octanol–water partition coefficient (Wildman–Crippen LogP) is 5.29. The van der Waals surface area contributed by atoms with Gasteiger partial charge in [0.25, 0.3) is 0 Å². The zero-order valence-corrected chi connectivity index (χ0v) is 19.0. The number of carbonyl (C=O) groups is 1. The maximum Gasteiger partial charge on any atom is 0.233 e. The molecule has 1 unspecified atom stereocenters. The van der Waals surface area contributed by atoms with Crippen molar-refractivity contribution in [2.75, 3.05) is 22.9 Å². The standard InChI is InChI=1S/C25H21F4N3OS/c1-13-6-15-8-21(29)24(34-30)10-23(15)32(13)25(33)16-11-31(12-16)22-5-2-14(7-20(22)28)18-9-17(26)3-4-19(18)27/h2-5,7-10,13,16H,6,11-12,30H2,1H3. The van der Waals surface area contributed by atoms with E-state index in [1.807, 2.05) is 6.92 Å². The van der Waals surface area contributed by atoms with Crippen molar-refractivity contribution in [2.45, 2.75) is 24.3 Å². The normalized spacial score (nSPS) is 17.6. The number of hydrogen-bond donors (Lipinski definition) is 1. The minimum Gasteiger partial charge on any atom is -0.367 e. The number of anilines is 2. The number of nitrogens with zero attached hydrogens (tertiary/aromatic N) is 2. The molecule has 2 heterocycles. The lowest BCUT2D eigenvalue weighted by Gasteiger charge is -2.42. The summed E-state index contributed by atoms with van der Waals surface area (Å²) in [5, 5.41) is 5.55. The molecular weight excluding hydrogens is 466 g/mol. The zero-order valence-electron chi connectivity index (χ0n) is 18.2. The third-order valence-corrected chi connectivity index (χ3v) is 7.04. The Bertz CT molecular complexity index is 1300. The third kappa shape index (κ3) is 3.82. The van der Waals surface area contributed by atoms with Crippen LogP contribution in [-0.2, 0) is 11.2 Å². The van der Waals surface area contributed by atoms with Crippen LogP contribution < -0.4 is 14.9 Å². The van der Waals surface area contributed by atoms with Crippen molar-refractivity contribution in [1.82, 2.24) is 0 Å². The van der Waals surface area contributed by atoms with E-state index < -0.39 is 23.3 Å². The summed E-state index contributed by atoms with van der Waals surface area (Å²) in [4.78, 5) is 16.9. The van der Waals surface area contributed by atoms with Crippen molar-refractivity contribution in [3.63, 3.8) is 0 Å². The molecule has 1 atom stereocenters. The van der Waals surface area contributed by atoms with Crippen molar-refractivity contribution in [2.24, 2.45) is 11.1 Å². The van der Waals surface area contributed by atoms with Gasteiger partial charge in [0.2, 0.25) is 5.91 Å². The van der Waals surface area contributed by atoms with Gasteiger partial charge >= 0.3 is 0 Å². The number of amides is 1. The summed E-state index contributed by atoms with van der Waals surface area (Å²) in [5.74, 6) is -2.67. The fraction of sp³-hybridized carbons (Fsp3) is 0.240. The zero-order chi connectivity index (χ0) is 24.1. The van der Waals surface area contributed by atoms with Crippen LogP contribution in [0.2, 0.25) is 0 Å². The number of nitrogens with two attached hydrogens (primary N) is 1. The Morgan fingerprint density at radius 2 is 1.71 bits per heavy atom.